The predicted molar refractivity (Wildman–Crippen MR) is 115 cm³/mol. The van der Waals surface area contributed by atoms with Crippen LogP contribution in [0.25, 0.3) is 0 Å². The molecule has 0 spiro atoms. The summed E-state index contributed by atoms with van der Waals surface area (Å²) in [4.78, 5) is 21.8. The van der Waals surface area contributed by atoms with Gasteiger partial charge in [-0.3, -0.25) is 4.79 Å². The number of aromatic nitrogens is 1. The third-order valence-electron chi connectivity index (χ3n) is 5.83. The highest BCUT2D eigenvalue weighted by Crippen LogP contribution is 2.24. The summed E-state index contributed by atoms with van der Waals surface area (Å²) in [6, 6.07) is 12.5. The Morgan fingerprint density at radius 2 is 1.90 bits per heavy atom. The van der Waals surface area contributed by atoms with Gasteiger partial charge in [-0.2, -0.15) is 0 Å². The van der Waals surface area contributed by atoms with Crippen LogP contribution in [0.2, 0.25) is 0 Å². The SMILES string of the molecule is Cc1ccccc1N1CCN(c2ncccc2CNC(=O)C2CCCCO2)CC1. The van der Waals surface area contributed by atoms with Crippen LogP contribution in [0.5, 0.6) is 0 Å². The number of rotatable bonds is 5. The van der Waals surface area contributed by atoms with Crippen molar-refractivity contribution >= 4 is 17.4 Å². The first-order valence-corrected chi connectivity index (χ1v) is 10.6. The maximum Gasteiger partial charge on any atom is 0.249 e. The van der Waals surface area contributed by atoms with Gasteiger partial charge in [-0.15, -0.1) is 0 Å². The molecule has 1 aromatic carbocycles. The van der Waals surface area contributed by atoms with Gasteiger partial charge in [-0.25, -0.2) is 4.98 Å². The van der Waals surface area contributed by atoms with Crippen LogP contribution in [0.15, 0.2) is 42.6 Å². The number of carbonyl (C=O) groups is 1. The number of aryl methyl sites for hydroxylation is 1. The number of nitrogens with one attached hydrogen (secondary N) is 1. The molecule has 0 bridgehead atoms. The Morgan fingerprint density at radius 3 is 2.66 bits per heavy atom. The molecule has 1 N–H and O–H groups in total. The summed E-state index contributed by atoms with van der Waals surface area (Å²) < 4.78 is 5.59. The maximum atomic E-state index is 12.4. The quantitative estimate of drug-likeness (QED) is 0.845. The van der Waals surface area contributed by atoms with Crippen molar-refractivity contribution in [2.75, 3.05) is 42.6 Å². The molecule has 0 saturated carbocycles. The van der Waals surface area contributed by atoms with Crippen molar-refractivity contribution in [1.29, 1.82) is 0 Å². The molecule has 1 unspecified atom stereocenters. The minimum atomic E-state index is -0.304. The third kappa shape index (κ3) is 4.70. The fourth-order valence-electron chi connectivity index (χ4n) is 4.17. The molecule has 2 aliphatic heterocycles. The monoisotopic (exact) mass is 394 g/mol. The first kappa shape index (κ1) is 19.7. The van der Waals surface area contributed by atoms with Gasteiger partial charge in [-0.1, -0.05) is 24.3 Å². The molecule has 2 fully saturated rings. The molecular weight excluding hydrogens is 364 g/mol. The minimum Gasteiger partial charge on any atom is -0.368 e. The summed E-state index contributed by atoms with van der Waals surface area (Å²) in [5.41, 5.74) is 3.68. The number of anilines is 2. The lowest BCUT2D eigenvalue weighted by Gasteiger charge is -2.38. The molecule has 2 aromatic rings. The number of hydrogen-bond acceptors (Lipinski definition) is 5. The summed E-state index contributed by atoms with van der Waals surface area (Å²) in [5.74, 6) is 0.964. The van der Waals surface area contributed by atoms with Gasteiger partial charge in [0.15, 0.2) is 0 Å². The zero-order chi connectivity index (χ0) is 20.1. The maximum absolute atomic E-state index is 12.4. The van der Waals surface area contributed by atoms with Crippen LogP contribution >= 0.6 is 0 Å². The first-order valence-electron chi connectivity index (χ1n) is 10.6. The van der Waals surface area contributed by atoms with E-state index in [-0.39, 0.29) is 12.0 Å². The Hall–Kier alpha value is -2.60. The van der Waals surface area contributed by atoms with Gasteiger partial charge in [-0.05, 0) is 43.9 Å². The molecule has 6 heteroatoms. The molecule has 29 heavy (non-hydrogen) atoms. The lowest BCUT2D eigenvalue weighted by atomic mass is 10.1. The summed E-state index contributed by atoms with van der Waals surface area (Å²) in [6.07, 6.45) is 4.44. The number of ether oxygens (including phenoxy) is 1. The van der Waals surface area contributed by atoms with Gasteiger partial charge in [0.1, 0.15) is 11.9 Å². The van der Waals surface area contributed by atoms with E-state index in [1.807, 2.05) is 12.3 Å². The Balaban J connectivity index is 1.37. The fraction of sp³-hybridized carbons (Fsp3) is 0.478. The van der Waals surface area contributed by atoms with Crippen LogP contribution in [0, 0.1) is 6.92 Å². The molecule has 1 aromatic heterocycles. The smallest absolute Gasteiger partial charge is 0.249 e. The fourth-order valence-corrected chi connectivity index (χ4v) is 4.17. The van der Waals surface area contributed by atoms with Gasteiger partial charge >= 0.3 is 0 Å². The zero-order valence-electron chi connectivity index (χ0n) is 17.1. The van der Waals surface area contributed by atoms with Gasteiger partial charge in [0.05, 0.1) is 0 Å². The highest BCUT2D eigenvalue weighted by atomic mass is 16.5. The van der Waals surface area contributed by atoms with E-state index in [0.29, 0.717) is 13.2 Å². The number of carbonyl (C=O) groups excluding carboxylic acids is 1. The summed E-state index contributed by atoms with van der Waals surface area (Å²) in [6.45, 7) is 7.08. The molecule has 3 heterocycles. The van der Waals surface area contributed by atoms with E-state index in [0.717, 1.165) is 56.8 Å². The van der Waals surface area contributed by atoms with Crippen molar-refractivity contribution in [1.82, 2.24) is 10.3 Å². The molecule has 6 nitrogen and oxygen atoms in total. The molecule has 0 aliphatic carbocycles. The molecule has 2 aliphatic rings. The topological polar surface area (TPSA) is 57.7 Å². The third-order valence-corrected chi connectivity index (χ3v) is 5.83. The van der Waals surface area contributed by atoms with E-state index < -0.39 is 0 Å². The van der Waals surface area contributed by atoms with Crippen LogP contribution in [0.3, 0.4) is 0 Å². The van der Waals surface area contributed by atoms with E-state index in [9.17, 15) is 4.79 Å². The first-order chi connectivity index (χ1) is 14.2. The van der Waals surface area contributed by atoms with Crippen molar-refractivity contribution in [2.45, 2.75) is 38.8 Å². The summed E-state index contributed by atoms with van der Waals surface area (Å²) >= 11 is 0. The number of benzene rings is 1. The van der Waals surface area contributed by atoms with Gasteiger partial charge in [0, 0.05) is 56.8 Å². The average Bonchev–Trinajstić information content (AvgIpc) is 2.79. The number of hydrogen-bond donors (Lipinski definition) is 1. The normalized spacial score (nSPS) is 19.8. The van der Waals surface area contributed by atoms with Crippen LogP contribution in [0.1, 0.15) is 30.4 Å². The predicted octanol–water partition coefficient (Wildman–Crippen LogP) is 2.90. The second-order valence-electron chi connectivity index (χ2n) is 7.82. The van der Waals surface area contributed by atoms with Gasteiger partial charge in [0.25, 0.3) is 0 Å². The minimum absolute atomic E-state index is 0.0103. The lowest BCUT2D eigenvalue weighted by molar-refractivity contribution is -0.135. The van der Waals surface area contributed by atoms with E-state index >= 15 is 0 Å². The second kappa shape index (κ2) is 9.27. The standard InChI is InChI=1S/C23H30N4O2/c1-18-7-2-3-9-20(18)26-12-14-27(15-13-26)22-19(8-6-11-24-22)17-25-23(28)21-10-4-5-16-29-21/h2-3,6-9,11,21H,4-5,10,12-17H2,1H3,(H,25,28). The van der Waals surface area contributed by atoms with Crippen molar-refractivity contribution in [3.63, 3.8) is 0 Å². The van der Waals surface area contributed by atoms with Crippen molar-refractivity contribution in [2.24, 2.45) is 0 Å². The van der Waals surface area contributed by atoms with Gasteiger partial charge in [0.2, 0.25) is 5.91 Å². The Kier molecular flexibility index (Phi) is 6.30. The Bertz CT molecular complexity index is 827. The summed E-state index contributed by atoms with van der Waals surface area (Å²) in [5, 5.41) is 3.05. The second-order valence-corrected chi connectivity index (χ2v) is 7.82. The Morgan fingerprint density at radius 1 is 1.10 bits per heavy atom. The molecular formula is C23H30N4O2. The molecule has 2 saturated heterocycles. The van der Waals surface area contributed by atoms with Crippen LogP contribution in [-0.2, 0) is 16.1 Å². The van der Waals surface area contributed by atoms with Crippen LogP contribution < -0.4 is 15.1 Å². The van der Waals surface area contributed by atoms with Crippen molar-refractivity contribution in [3.05, 3.63) is 53.7 Å². The molecule has 1 amide bonds. The number of pyridine rings is 1. The van der Waals surface area contributed by atoms with Crippen LogP contribution in [0.4, 0.5) is 11.5 Å². The number of piperazine rings is 1. The lowest BCUT2D eigenvalue weighted by Crippen LogP contribution is -2.47. The van der Waals surface area contributed by atoms with Crippen molar-refractivity contribution in [3.8, 4) is 0 Å². The molecule has 0 radical (unpaired) electrons. The van der Waals surface area contributed by atoms with E-state index in [1.54, 1.807) is 0 Å². The highest BCUT2D eigenvalue weighted by molar-refractivity contribution is 5.81. The number of nitrogens with zero attached hydrogens (tertiary/aromatic N) is 3. The molecule has 1 atom stereocenters. The van der Waals surface area contributed by atoms with E-state index in [2.05, 4.69) is 57.4 Å². The zero-order valence-corrected chi connectivity index (χ0v) is 17.1. The van der Waals surface area contributed by atoms with E-state index in [4.69, 9.17) is 4.74 Å². The van der Waals surface area contributed by atoms with Crippen LogP contribution in [-0.4, -0.2) is 49.8 Å². The Labute approximate surface area is 172 Å². The highest BCUT2D eigenvalue weighted by Gasteiger charge is 2.24. The van der Waals surface area contributed by atoms with E-state index in [1.165, 1.54) is 11.3 Å². The largest absolute Gasteiger partial charge is 0.368 e. The molecule has 4 rings (SSSR count). The number of para-hydroxylation sites is 1. The average molecular weight is 395 g/mol. The number of amides is 1. The molecule has 154 valence electrons. The summed E-state index contributed by atoms with van der Waals surface area (Å²) in [7, 11) is 0. The van der Waals surface area contributed by atoms with Gasteiger partial charge < -0.3 is 19.9 Å². The van der Waals surface area contributed by atoms with Crippen molar-refractivity contribution < 1.29 is 9.53 Å².